The molecule has 6 heteroatoms. The van der Waals surface area contributed by atoms with Gasteiger partial charge in [-0.25, -0.2) is 0 Å². The first-order valence-electron chi connectivity index (χ1n) is 8.22. The number of amides is 2. The van der Waals surface area contributed by atoms with E-state index in [1.54, 1.807) is 12.1 Å². The predicted molar refractivity (Wildman–Crippen MR) is 98.6 cm³/mol. The van der Waals surface area contributed by atoms with Crippen LogP contribution < -0.4 is 10.6 Å². The standard InChI is InChI=1S/C19H22ClN3O2/c1-13(2)7-8-22-18(24)15-9-16(11-21-10-15)19(25)23-12-14-5-3-4-6-17(14)20/h3-6,9-11,13H,7-8,12H2,1-2H3,(H,22,24)(H,23,25). The normalized spacial score (nSPS) is 10.6. The highest BCUT2D eigenvalue weighted by atomic mass is 35.5. The molecule has 0 aliphatic carbocycles. The summed E-state index contributed by atoms with van der Waals surface area (Å²) in [6.45, 7) is 5.10. The van der Waals surface area contributed by atoms with Crippen LogP contribution >= 0.6 is 11.6 Å². The molecule has 0 fully saturated rings. The van der Waals surface area contributed by atoms with Crippen LogP contribution in [-0.2, 0) is 6.54 Å². The minimum Gasteiger partial charge on any atom is -0.352 e. The van der Waals surface area contributed by atoms with Gasteiger partial charge in [-0.15, -0.1) is 0 Å². The zero-order valence-electron chi connectivity index (χ0n) is 14.4. The Labute approximate surface area is 152 Å². The Kier molecular flexibility index (Phi) is 6.95. The van der Waals surface area contributed by atoms with Crippen molar-refractivity contribution < 1.29 is 9.59 Å². The second-order valence-electron chi connectivity index (χ2n) is 6.17. The van der Waals surface area contributed by atoms with Gasteiger partial charge in [-0.1, -0.05) is 43.6 Å². The molecule has 5 nitrogen and oxygen atoms in total. The van der Waals surface area contributed by atoms with Crippen LogP contribution in [0.15, 0.2) is 42.7 Å². The van der Waals surface area contributed by atoms with E-state index >= 15 is 0 Å². The van der Waals surface area contributed by atoms with Gasteiger partial charge in [0.25, 0.3) is 11.8 Å². The van der Waals surface area contributed by atoms with Crippen LogP contribution in [0.2, 0.25) is 5.02 Å². The van der Waals surface area contributed by atoms with E-state index in [1.807, 2.05) is 18.2 Å². The Bertz CT molecular complexity index is 747. The summed E-state index contributed by atoms with van der Waals surface area (Å²) in [5, 5.41) is 6.22. The number of carbonyl (C=O) groups excluding carboxylic acids is 2. The molecule has 0 saturated carbocycles. The Morgan fingerprint density at radius 1 is 1.08 bits per heavy atom. The third-order valence-electron chi connectivity index (χ3n) is 3.67. The van der Waals surface area contributed by atoms with Crippen LogP contribution in [0.5, 0.6) is 0 Å². The molecule has 2 amide bonds. The number of nitrogens with one attached hydrogen (secondary N) is 2. The van der Waals surface area contributed by atoms with Crippen molar-refractivity contribution in [3.63, 3.8) is 0 Å². The monoisotopic (exact) mass is 359 g/mol. The van der Waals surface area contributed by atoms with Crippen molar-refractivity contribution in [1.29, 1.82) is 0 Å². The minimum atomic E-state index is -0.302. The molecule has 1 heterocycles. The van der Waals surface area contributed by atoms with E-state index in [0.717, 1.165) is 12.0 Å². The van der Waals surface area contributed by atoms with Gasteiger partial charge in [-0.3, -0.25) is 14.6 Å². The van der Waals surface area contributed by atoms with Crippen molar-refractivity contribution in [1.82, 2.24) is 15.6 Å². The van der Waals surface area contributed by atoms with Crippen molar-refractivity contribution in [2.24, 2.45) is 5.92 Å². The molecule has 0 aliphatic rings. The summed E-state index contributed by atoms with van der Waals surface area (Å²) in [7, 11) is 0. The van der Waals surface area contributed by atoms with E-state index in [1.165, 1.54) is 12.4 Å². The maximum absolute atomic E-state index is 12.3. The summed E-state index contributed by atoms with van der Waals surface area (Å²) in [4.78, 5) is 28.4. The first-order chi connectivity index (χ1) is 12.0. The first-order valence-corrected chi connectivity index (χ1v) is 8.60. The summed E-state index contributed by atoms with van der Waals surface area (Å²) >= 11 is 6.07. The molecule has 0 spiro atoms. The fourth-order valence-electron chi connectivity index (χ4n) is 2.18. The molecule has 0 radical (unpaired) electrons. The third kappa shape index (κ3) is 5.87. The van der Waals surface area contributed by atoms with Crippen LogP contribution in [0.4, 0.5) is 0 Å². The van der Waals surface area contributed by atoms with E-state index in [-0.39, 0.29) is 11.8 Å². The Morgan fingerprint density at radius 3 is 2.36 bits per heavy atom. The predicted octanol–water partition coefficient (Wildman–Crippen LogP) is 3.44. The van der Waals surface area contributed by atoms with E-state index in [9.17, 15) is 9.59 Å². The van der Waals surface area contributed by atoms with E-state index < -0.39 is 0 Å². The highest BCUT2D eigenvalue weighted by molar-refractivity contribution is 6.31. The van der Waals surface area contributed by atoms with Crippen molar-refractivity contribution in [3.8, 4) is 0 Å². The molecule has 0 unspecified atom stereocenters. The van der Waals surface area contributed by atoms with Crippen molar-refractivity contribution >= 4 is 23.4 Å². The number of halogens is 1. The summed E-state index contributed by atoms with van der Waals surface area (Å²) in [6.07, 6.45) is 3.79. The van der Waals surface area contributed by atoms with Crippen molar-refractivity contribution in [2.45, 2.75) is 26.8 Å². The average molecular weight is 360 g/mol. The lowest BCUT2D eigenvalue weighted by molar-refractivity contribution is 0.0950. The van der Waals surface area contributed by atoms with E-state index in [4.69, 9.17) is 11.6 Å². The molecule has 2 rings (SSSR count). The fourth-order valence-corrected chi connectivity index (χ4v) is 2.39. The molecule has 0 saturated heterocycles. The van der Waals surface area contributed by atoms with Gasteiger partial charge in [0.2, 0.25) is 0 Å². The zero-order valence-corrected chi connectivity index (χ0v) is 15.1. The van der Waals surface area contributed by atoms with Crippen LogP contribution in [0.1, 0.15) is 46.5 Å². The van der Waals surface area contributed by atoms with Crippen LogP contribution in [0.3, 0.4) is 0 Å². The molecule has 25 heavy (non-hydrogen) atoms. The maximum Gasteiger partial charge on any atom is 0.253 e. The summed E-state index contributed by atoms with van der Waals surface area (Å²) in [6, 6.07) is 8.85. The molecule has 0 atom stereocenters. The van der Waals surface area contributed by atoms with Gasteiger partial charge in [-0.05, 0) is 30.0 Å². The third-order valence-corrected chi connectivity index (χ3v) is 4.04. The molecule has 1 aromatic carbocycles. The molecule has 1 aromatic heterocycles. The Hall–Kier alpha value is -2.40. The van der Waals surface area contributed by atoms with Gasteiger partial charge in [0.05, 0.1) is 11.1 Å². The summed E-state index contributed by atoms with van der Waals surface area (Å²) < 4.78 is 0. The lowest BCUT2D eigenvalue weighted by Crippen LogP contribution is -2.27. The van der Waals surface area contributed by atoms with Gasteiger partial charge < -0.3 is 10.6 Å². The highest BCUT2D eigenvalue weighted by Crippen LogP contribution is 2.14. The number of hydrogen-bond acceptors (Lipinski definition) is 3. The summed E-state index contributed by atoms with van der Waals surface area (Å²) in [5.74, 6) is -0.0153. The Morgan fingerprint density at radius 2 is 1.72 bits per heavy atom. The lowest BCUT2D eigenvalue weighted by atomic mass is 10.1. The largest absolute Gasteiger partial charge is 0.352 e. The van der Waals surface area contributed by atoms with Gasteiger partial charge >= 0.3 is 0 Å². The molecule has 0 aliphatic heterocycles. The first kappa shape index (κ1) is 18.9. The fraction of sp³-hybridized carbons (Fsp3) is 0.316. The number of rotatable bonds is 7. The molecular formula is C19H22ClN3O2. The molecule has 132 valence electrons. The number of carbonyl (C=O) groups is 2. The maximum atomic E-state index is 12.3. The molecule has 2 N–H and O–H groups in total. The van der Waals surface area contributed by atoms with E-state index in [0.29, 0.717) is 35.2 Å². The lowest BCUT2D eigenvalue weighted by Gasteiger charge is -2.09. The molecule has 0 bridgehead atoms. The van der Waals surface area contributed by atoms with Gasteiger partial charge in [0.15, 0.2) is 0 Å². The Balaban J connectivity index is 1.96. The van der Waals surface area contributed by atoms with Crippen molar-refractivity contribution in [3.05, 3.63) is 64.4 Å². The van der Waals surface area contributed by atoms with Gasteiger partial charge in [0.1, 0.15) is 0 Å². The van der Waals surface area contributed by atoms with Crippen LogP contribution in [0.25, 0.3) is 0 Å². The molecular weight excluding hydrogens is 338 g/mol. The van der Waals surface area contributed by atoms with Gasteiger partial charge in [-0.2, -0.15) is 0 Å². The number of aromatic nitrogens is 1. The van der Waals surface area contributed by atoms with Gasteiger partial charge in [0, 0.05) is 30.5 Å². The minimum absolute atomic E-state index is 0.228. The second kappa shape index (κ2) is 9.18. The highest BCUT2D eigenvalue weighted by Gasteiger charge is 2.11. The SMILES string of the molecule is CC(C)CCNC(=O)c1cncc(C(=O)NCc2ccccc2Cl)c1. The zero-order chi connectivity index (χ0) is 18.2. The summed E-state index contributed by atoms with van der Waals surface area (Å²) in [5.41, 5.74) is 1.53. The quantitative estimate of drug-likeness (QED) is 0.795. The van der Waals surface area contributed by atoms with Crippen LogP contribution in [-0.4, -0.2) is 23.3 Å². The number of hydrogen-bond donors (Lipinski definition) is 2. The average Bonchev–Trinajstić information content (AvgIpc) is 2.60. The van der Waals surface area contributed by atoms with E-state index in [2.05, 4.69) is 29.5 Å². The number of nitrogens with zero attached hydrogens (tertiary/aromatic N) is 1. The van der Waals surface area contributed by atoms with Crippen LogP contribution in [0, 0.1) is 5.92 Å². The second-order valence-corrected chi connectivity index (χ2v) is 6.58. The number of pyridine rings is 1. The number of benzene rings is 1. The smallest absolute Gasteiger partial charge is 0.253 e. The topological polar surface area (TPSA) is 71.1 Å². The molecule has 2 aromatic rings. The van der Waals surface area contributed by atoms with Crippen molar-refractivity contribution in [2.75, 3.05) is 6.54 Å².